The highest BCUT2D eigenvalue weighted by atomic mass is 16.5. The maximum absolute atomic E-state index is 11.4. The number of carboxylic acids is 1. The Morgan fingerprint density at radius 3 is 2.53 bits per heavy atom. The summed E-state index contributed by atoms with van der Waals surface area (Å²) < 4.78 is 17.6. The lowest BCUT2D eigenvalue weighted by atomic mass is 9.86. The first kappa shape index (κ1) is 21.0. The molecule has 1 aliphatic carbocycles. The Hall–Kier alpha value is -2.28. The molecule has 2 aliphatic rings. The van der Waals surface area contributed by atoms with Crippen LogP contribution in [0.2, 0.25) is 0 Å². The average Bonchev–Trinajstić information content (AvgIpc) is 3.10. The number of likely N-dealkylation sites (tertiary alicyclic amines) is 1. The molecule has 0 unspecified atom stereocenters. The van der Waals surface area contributed by atoms with Crippen molar-refractivity contribution >= 4 is 16.9 Å². The summed E-state index contributed by atoms with van der Waals surface area (Å²) in [6.07, 6.45) is 5.75. The summed E-state index contributed by atoms with van der Waals surface area (Å²) >= 11 is 0. The number of benzene rings is 1. The molecule has 0 amide bonds. The summed E-state index contributed by atoms with van der Waals surface area (Å²) in [7, 11) is 0. The average molecular weight is 417 g/mol. The molecule has 0 bridgehead atoms. The van der Waals surface area contributed by atoms with Crippen LogP contribution in [0.5, 0.6) is 11.6 Å². The van der Waals surface area contributed by atoms with E-state index in [2.05, 4.69) is 10.1 Å². The van der Waals surface area contributed by atoms with Gasteiger partial charge in [0.05, 0.1) is 18.6 Å². The van der Waals surface area contributed by atoms with Crippen LogP contribution in [0.3, 0.4) is 0 Å². The first-order valence-corrected chi connectivity index (χ1v) is 11.0. The van der Waals surface area contributed by atoms with E-state index < -0.39 is 11.4 Å². The highest BCUT2D eigenvalue weighted by Gasteiger charge is 2.31. The van der Waals surface area contributed by atoms with E-state index in [1.807, 2.05) is 18.2 Å². The molecule has 1 saturated heterocycles. The van der Waals surface area contributed by atoms with E-state index >= 15 is 0 Å². The Morgan fingerprint density at radius 2 is 1.87 bits per heavy atom. The van der Waals surface area contributed by atoms with Crippen LogP contribution in [0, 0.1) is 17.3 Å². The van der Waals surface area contributed by atoms with Crippen LogP contribution >= 0.6 is 0 Å². The van der Waals surface area contributed by atoms with E-state index in [0.717, 1.165) is 43.7 Å². The molecule has 2 heterocycles. The number of fused-ring (bicyclic) bond motifs is 1. The fourth-order valence-electron chi connectivity index (χ4n) is 4.15. The topological polar surface area (TPSA) is 85.0 Å². The number of aromatic nitrogens is 1. The smallest absolute Gasteiger partial charge is 0.310 e. The quantitative estimate of drug-likeness (QED) is 0.655. The Bertz CT molecular complexity index is 866. The normalized spacial score (nSPS) is 19.0. The largest absolute Gasteiger partial charge is 0.492 e. The van der Waals surface area contributed by atoms with Crippen molar-refractivity contribution in [3.05, 3.63) is 18.2 Å². The Morgan fingerprint density at radius 1 is 1.17 bits per heavy atom. The molecule has 2 fully saturated rings. The first-order chi connectivity index (χ1) is 14.4. The van der Waals surface area contributed by atoms with Gasteiger partial charge in [-0.15, -0.1) is 0 Å². The third kappa shape index (κ3) is 4.72. The fourth-order valence-corrected chi connectivity index (χ4v) is 4.15. The molecule has 1 aliphatic heterocycles. The summed E-state index contributed by atoms with van der Waals surface area (Å²) in [5.74, 6) is 1.61. The van der Waals surface area contributed by atoms with Gasteiger partial charge in [0.25, 0.3) is 5.88 Å². The van der Waals surface area contributed by atoms with Crippen LogP contribution < -0.4 is 9.47 Å². The number of hydrogen-bond donors (Lipinski definition) is 1. The van der Waals surface area contributed by atoms with Crippen LogP contribution in [0.25, 0.3) is 11.0 Å². The predicted octanol–water partition coefficient (Wildman–Crippen LogP) is 4.21. The van der Waals surface area contributed by atoms with Gasteiger partial charge >= 0.3 is 5.97 Å². The lowest BCUT2D eigenvalue weighted by molar-refractivity contribution is -0.148. The summed E-state index contributed by atoms with van der Waals surface area (Å²) in [5, 5.41) is 14.3. The number of ether oxygens (including phenoxy) is 2. The van der Waals surface area contributed by atoms with Gasteiger partial charge in [-0.1, -0.05) is 12.5 Å². The number of carboxylic acid groups (broad SMARTS) is 1. The van der Waals surface area contributed by atoms with Crippen LogP contribution in [0.15, 0.2) is 22.7 Å². The van der Waals surface area contributed by atoms with Crippen molar-refractivity contribution in [1.29, 1.82) is 0 Å². The van der Waals surface area contributed by atoms with Gasteiger partial charge < -0.3 is 24.0 Å². The fraction of sp³-hybridized carbons (Fsp3) is 0.652. The van der Waals surface area contributed by atoms with Gasteiger partial charge in [-0.3, -0.25) is 4.79 Å². The molecule has 2 aromatic rings. The van der Waals surface area contributed by atoms with E-state index in [0.29, 0.717) is 36.5 Å². The van der Waals surface area contributed by atoms with Crippen molar-refractivity contribution in [1.82, 2.24) is 10.1 Å². The zero-order chi connectivity index (χ0) is 21.1. The van der Waals surface area contributed by atoms with E-state index in [4.69, 9.17) is 14.0 Å². The maximum atomic E-state index is 11.4. The van der Waals surface area contributed by atoms with Crippen LogP contribution in [0.1, 0.15) is 46.0 Å². The van der Waals surface area contributed by atoms with Crippen molar-refractivity contribution in [2.75, 3.05) is 32.8 Å². The number of aliphatic carboxylic acids is 1. The van der Waals surface area contributed by atoms with E-state index in [1.165, 1.54) is 19.3 Å². The third-order valence-corrected chi connectivity index (χ3v) is 6.49. The minimum Gasteiger partial charge on any atom is -0.492 e. The number of piperidine rings is 1. The lowest BCUT2D eigenvalue weighted by Gasteiger charge is -2.35. The highest BCUT2D eigenvalue weighted by molar-refractivity contribution is 5.88. The van der Waals surface area contributed by atoms with E-state index in [1.54, 1.807) is 13.8 Å². The second-order valence-corrected chi connectivity index (χ2v) is 9.44. The van der Waals surface area contributed by atoms with Gasteiger partial charge in [0.2, 0.25) is 0 Å². The maximum Gasteiger partial charge on any atom is 0.310 e. The molecule has 164 valence electrons. The van der Waals surface area contributed by atoms with E-state index in [-0.39, 0.29) is 0 Å². The minimum absolute atomic E-state index is 0.420. The summed E-state index contributed by atoms with van der Waals surface area (Å²) in [5.41, 5.74) is -0.0411. The van der Waals surface area contributed by atoms with Gasteiger partial charge in [-0.05, 0) is 81.7 Å². The zero-order valence-electron chi connectivity index (χ0n) is 17.9. The third-order valence-electron chi connectivity index (χ3n) is 6.49. The molecule has 1 saturated carbocycles. The van der Waals surface area contributed by atoms with Gasteiger partial charge in [0, 0.05) is 6.54 Å². The van der Waals surface area contributed by atoms with Crippen LogP contribution in [0.4, 0.5) is 0 Å². The van der Waals surface area contributed by atoms with Crippen molar-refractivity contribution < 1.29 is 23.9 Å². The van der Waals surface area contributed by atoms with Crippen LogP contribution in [-0.4, -0.2) is 54.0 Å². The molecule has 4 rings (SSSR count). The summed E-state index contributed by atoms with van der Waals surface area (Å²) in [6.45, 7) is 7.23. The standard InChI is InChI=1S/C23H32N2O5/c1-23(2,22(26)27)15-25-11-9-17(10-12-25)14-29-21-20-18(28-13-16-5-3-6-16)7-4-8-19(20)30-24-21/h4,7-8,16-17H,3,5-6,9-15H2,1-2H3,(H,26,27). The van der Waals surface area contributed by atoms with Gasteiger partial charge in [0.1, 0.15) is 11.1 Å². The molecule has 0 spiro atoms. The first-order valence-electron chi connectivity index (χ1n) is 11.0. The number of rotatable bonds is 9. The van der Waals surface area contributed by atoms with E-state index in [9.17, 15) is 9.90 Å². The molecule has 30 heavy (non-hydrogen) atoms. The van der Waals surface area contributed by atoms with Crippen molar-refractivity contribution in [3.63, 3.8) is 0 Å². The van der Waals surface area contributed by atoms with Gasteiger partial charge in [0.15, 0.2) is 5.58 Å². The van der Waals surface area contributed by atoms with Gasteiger partial charge in [-0.25, -0.2) is 0 Å². The molecule has 1 aromatic heterocycles. The molecular formula is C23H32N2O5. The second kappa shape index (κ2) is 8.84. The Kier molecular flexibility index (Phi) is 6.18. The van der Waals surface area contributed by atoms with Crippen molar-refractivity contribution in [2.24, 2.45) is 17.3 Å². The summed E-state index contributed by atoms with van der Waals surface area (Å²) in [6, 6.07) is 5.75. The van der Waals surface area contributed by atoms with Gasteiger partial charge in [-0.2, -0.15) is 0 Å². The lowest BCUT2D eigenvalue weighted by Crippen LogP contribution is -2.43. The number of nitrogens with zero attached hydrogens (tertiary/aromatic N) is 2. The highest BCUT2D eigenvalue weighted by Crippen LogP contribution is 2.36. The minimum atomic E-state index is -0.749. The Balaban J connectivity index is 1.31. The molecule has 1 aromatic carbocycles. The molecule has 7 heteroatoms. The monoisotopic (exact) mass is 416 g/mol. The zero-order valence-corrected chi connectivity index (χ0v) is 17.9. The van der Waals surface area contributed by atoms with Crippen LogP contribution in [-0.2, 0) is 4.79 Å². The number of carbonyl (C=O) groups is 1. The number of hydrogen-bond acceptors (Lipinski definition) is 6. The van der Waals surface area contributed by atoms with Crippen molar-refractivity contribution in [3.8, 4) is 11.6 Å². The summed E-state index contributed by atoms with van der Waals surface area (Å²) in [4.78, 5) is 13.6. The Labute approximate surface area is 177 Å². The molecule has 0 radical (unpaired) electrons. The van der Waals surface area contributed by atoms with Crippen molar-refractivity contribution in [2.45, 2.75) is 46.0 Å². The SMILES string of the molecule is CC(C)(CN1CCC(COc2noc3cccc(OCC4CCC4)c23)CC1)C(=O)O. The molecule has 0 atom stereocenters. The molecule has 1 N–H and O–H groups in total. The predicted molar refractivity (Wildman–Crippen MR) is 113 cm³/mol. The molecular weight excluding hydrogens is 384 g/mol. The second-order valence-electron chi connectivity index (χ2n) is 9.44. The molecule has 7 nitrogen and oxygen atoms in total.